The summed E-state index contributed by atoms with van der Waals surface area (Å²) in [5.74, 6) is 1.04. The molecule has 56 heavy (non-hydrogen) atoms. The Balaban J connectivity index is 0.936. The Kier molecular flexibility index (Phi) is 20.8. The molecule has 2 aromatic carbocycles. The topological polar surface area (TPSA) is 52.6 Å². The summed E-state index contributed by atoms with van der Waals surface area (Å²) in [5.41, 5.74) is 2.55. The molecule has 0 N–H and O–H groups in total. The quantitative estimate of drug-likeness (QED) is 0.0363. The van der Waals surface area contributed by atoms with Crippen LogP contribution in [0, 0.1) is 0 Å². The van der Waals surface area contributed by atoms with E-state index in [9.17, 15) is 9.59 Å². The van der Waals surface area contributed by atoms with E-state index in [4.69, 9.17) is 9.47 Å². The van der Waals surface area contributed by atoms with Gasteiger partial charge in [-0.05, 0) is 99.6 Å². The Hall–Kier alpha value is -1.22. The molecule has 5 rings (SSSR count). The Morgan fingerprint density at radius 3 is 1.23 bits per heavy atom. The van der Waals surface area contributed by atoms with Crippen molar-refractivity contribution < 1.29 is 19.1 Å². The van der Waals surface area contributed by atoms with Crippen LogP contribution in [-0.2, 0) is 22.4 Å². The normalized spacial score (nSPS) is 25.5. The van der Waals surface area contributed by atoms with Crippen LogP contribution in [0.1, 0.15) is 167 Å². The third kappa shape index (κ3) is 16.4. The molecule has 2 aromatic rings. The Labute approximate surface area is 358 Å². The number of rotatable bonds is 28. The van der Waals surface area contributed by atoms with Crippen molar-refractivity contribution in [2.45, 2.75) is 211 Å². The van der Waals surface area contributed by atoms with Crippen molar-refractivity contribution in [2.75, 3.05) is 0 Å². The molecule has 3 heterocycles. The fourth-order valence-corrected chi connectivity index (χ4v) is 15.3. The molecule has 3 saturated heterocycles. The van der Waals surface area contributed by atoms with Crippen molar-refractivity contribution in [2.24, 2.45) is 0 Å². The van der Waals surface area contributed by atoms with Gasteiger partial charge in [0.25, 0.3) is 0 Å². The van der Waals surface area contributed by atoms with E-state index < -0.39 is 0 Å². The van der Waals surface area contributed by atoms with Gasteiger partial charge >= 0.3 is 11.9 Å². The van der Waals surface area contributed by atoms with Crippen LogP contribution in [0.4, 0.5) is 0 Å². The highest BCUT2D eigenvalue weighted by atomic mass is 32.2. The molecular weight excluding hydrogens is 769 g/mol. The van der Waals surface area contributed by atoms with E-state index in [-0.39, 0.29) is 11.9 Å². The molecule has 4 nitrogen and oxygen atoms in total. The van der Waals surface area contributed by atoms with E-state index >= 15 is 0 Å². The zero-order chi connectivity index (χ0) is 39.5. The fourth-order valence-electron chi connectivity index (χ4n) is 8.38. The molecule has 0 amide bonds. The summed E-state index contributed by atoms with van der Waals surface area (Å²) in [6.07, 6.45) is 27.2. The van der Waals surface area contributed by atoms with Crippen molar-refractivity contribution in [3.63, 3.8) is 0 Å². The molecular formula is C48H72O4S4. The summed E-state index contributed by atoms with van der Waals surface area (Å²) < 4.78 is 10.8. The summed E-state index contributed by atoms with van der Waals surface area (Å²) in [4.78, 5) is 23.3. The van der Waals surface area contributed by atoms with Gasteiger partial charge < -0.3 is 9.47 Å². The highest BCUT2D eigenvalue weighted by Crippen LogP contribution is 2.56. The molecule has 0 aromatic heterocycles. The Bertz CT molecular complexity index is 1350. The summed E-state index contributed by atoms with van der Waals surface area (Å²) >= 11 is 9.47. The van der Waals surface area contributed by atoms with E-state index in [2.05, 4.69) is 73.0 Å². The van der Waals surface area contributed by atoms with Crippen molar-refractivity contribution in [3.8, 4) is 11.5 Å². The SMILES string of the molecule is CCCC1SC(CCC)C(CC2SC2CCCCCCCc2cccc(OC(=O)CC)c2)SC1CC1SC1CCCCCCCc1cccc(OC(=O)CC)c1. The number of esters is 2. The number of aryl methyl sites for hydroxylation is 2. The molecule has 8 heteroatoms. The molecule has 0 spiro atoms. The van der Waals surface area contributed by atoms with Crippen LogP contribution in [0.25, 0.3) is 0 Å². The van der Waals surface area contributed by atoms with Gasteiger partial charge in [0.15, 0.2) is 0 Å². The molecule has 312 valence electrons. The van der Waals surface area contributed by atoms with Gasteiger partial charge in [-0.25, -0.2) is 0 Å². The monoisotopic (exact) mass is 840 g/mol. The maximum absolute atomic E-state index is 11.6. The van der Waals surface area contributed by atoms with E-state index in [0.29, 0.717) is 24.3 Å². The minimum Gasteiger partial charge on any atom is -0.427 e. The lowest BCUT2D eigenvalue weighted by Crippen LogP contribution is -2.38. The van der Waals surface area contributed by atoms with Gasteiger partial charge in [-0.2, -0.15) is 47.0 Å². The van der Waals surface area contributed by atoms with Crippen LogP contribution < -0.4 is 9.47 Å². The number of ether oxygens (including phenoxy) is 2. The first-order valence-corrected chi connectivity index (χ1v) is 26.4. The lowest BCUT2D eigenvalue weighted by Gasteiger charge is -2.41. The highest BCUT2D eigenvalue weighted by molar-refractivity contribution is 8.09. The minimum atomic E-state index is -0.165. The molecule has 3 fully saturated rings. The van der Waals surface area contributed by atoms with E-state index in [1.807, 2.05) is 50.2 Å². The predicted molar refractivity (Wildman–Crippen MR) is 247 cm³/mol. The van der Waals surface area contributed by atoms with Crippen LogP contribution >= 0.6 is 47.0 Å². The van der Waals surface area contributed by atoms with Gasteiger partial charge in [0.2, 0.25) is 0 Å². The smallest absolute Gasteiger partial charge is 0.310 e. The lowest BCUT2D eigenvalue weighted by molar-refractivity contribution is -0.134. The first-order valence-electron chi connectivity index (χ1n) is 22.6. The molecule has 0 saturated carbocycles. The zero-order valence-corrected chi connectivity index (χ0v) is 38.3. The van der Waals surface area contributed by atoms with Crippen LogP contribution in [0.2, 0.25) is 0 Å². The summed E-state index contributed by atoms with van der Waals surface area (Å²) in [6.45, 7) is 8.47. The van der Waals surface area contributed by atoms with Crippen LogP contribution in [-0.4, -0.2) is 53.9 Å². The number of unbranched alkanes of at least 4 members (excludes halogenated alkanes) is 8. The van der Waals surface area contributed by atoms with E-state index in [0.717, 1.165) is 54.8 Å². The van der Waals surface area contributed by atoms with Gasteiger partial charge in [-0.1, -0.05) is 116 Å². The number of benzene rings is 2. The maximum atomic E-state index is 11.6. The number of hydrogen-bond acceptors (Lipinski definition) is 8. The highest BCUT2D eigenvalue weighted by Gasteiger charge is 2.47. The number of carbonyl (C=O) groups is 2. The summed E-state index contributed by atoms with van der Waals surface area (Å²) in [5, 5.41) is 7.03. The first kappa shape index (κ1) is 45.9. The van der Waals surface area contributed by atoms with E-state index in [1.165, 1.54) is 127 Å². The average Bonchev–Trinajstić information content (AvgIpc) is 4.13. The largest absolute Gasteiger partial charge is 0.427 e. The van der Waals surface area contributed by atoms with Gasteiger partial charge in [0.05, 0.1) is 0 Å². The second-order valence-electron chi connectivity index (χ2n) is 16.5. The number of thioether (sulfide) groups is 4. The van der Waals surface area contributed by atoms with Crippen molar-refractivity contribution in [3.05, 3.63) is 59.7 Å². The molecule has 0 radical (unpaired) electrons. The van der Waals surface area contributed by atoms with Gasteiger partial charge in [-0.3, -0.25) is 9.59 Å². The third-order valence-electron chi connectivity index (χ3n) is 11.7. The van der Waals surface area contributed by atoms with Crippen LogP contribution in [0.15, 0.2) is 48.5 Å². The van der Waals surface area contributed by atoms with Gasteiger partial charge in [-0.15, -0.1) is 0 Å². The molecule has 0 aliphatic carbocycles. The molecule has 8 atom stereocenters. The predicted octanol–water partition coefficient (Wildman–Crippen LogP) is 14.1. The minimum absolute atomic E-state index is 0.165. The molecule has 3 aliphatic heterocycles. The lowest BCUT2D eigenvalue weighted by atomic mass is 10.0. The fraction of sp³-hybridized carbons (Fsp3) is 0.708. The second-order valence-corrected chi connectivity index (χ2v) is 22.4. The van der Waals surface area contributed by atoms with Gasteiger partial charge in [0.1, 0.15) is 11.5 Å². The van der Waals surface area contributed by atoms with Crippen molar-refractivity contribution in [1.29, 1.82) is 0 Å². The summed E-state index contributed by atoms with van der Waals surface area (Å²) in [7, 11) is 0. The zero-order valence-electron chi connectivity index (χ0n) is 35.1. The molecule has 8 unspecified atom stereocenters. The second kappa shape index (κ2) is 25.4. The Morgan fingerprint density at radius 2 is 0.821 bits per heavy atom. The van der Waals surface area contributed by atoms with Crippen molar-refractivity contribution in [1.82, 2.24) is 0 Å². The average molecular weight is 841 g/mol. The first-order chi connectivity index (χ1) is 27.4. The summed E-state index contributed by atoms with van der Waals surface area (Å²) in [6, 6.07) is 16.1. The maximum Gasteiger partial charge on any atom is 0.310 e. The number of carbonyl (C=O) groups excluding carboxylic acids is 2. The molecule has 3 aliphatic rings. The van der Waals surface area contributed by atoms with Crippen molar-refractivity contribution >= 4 is 59.0 Å². The Morgan fingerprint density at radius 1 is 0.464 bits per heavy atom. The third-order valence-corrected chi connectivity index (χ3v) is 18.6. The van der Waals surface area contributed by atoms with E-state index in [1.54, 1.807) is 0 Å². The molecule has 0 bridgehead atoms. The standard InChI is InChI=1S/C48H72O4S4/c1-5-21-39-43(33-45-41(54-45)29-17-13-9-11-15-23-35-25-19-27-37(31-35)51-47(49)7-3)56-44(40(53-39)22-6-2)34-46-42(55-46)30-18-14-10-12-16-24-36-26-20-28-38(32-36)52-48(50)8-4/h19-20,25-28,31-32,39-46H,5-18,21-24,29-30,33-34H2,1-4H3. The van der Waals surface area contributed by atoms with Gasteiger partial charge in [0, 0.05) is 54.8 Å². The van der Waals surface area contributed by atoms with Crippen LogP contribution in [0.3, 0.4) is 0 Å². The number of hydrogen-bond donors (Lipinski definition) is 0. The van der Waals surface area contributed by atoms with Crippen LogP contribution in [0.5, 0.6) is 11.5 Å².